The fourth-order valence-corrected chi connectivity index (χ4v) is 2.08. The Balaban J connectivity index is 0.00000400. The Kier molecular flexibility index (Phi) is 8.14. The van der Waals surface area contributed by atoms with E-state index in [0.29, 0.717) is 24.6 Å². The Bertz CT molecular complexity index is 466. The van der Waals surface area contributed by atoms with Crippen molar-refractivity contribution in [3.8, 4) is 11.5 Å². The molecule has 1 atom stereocenters. The summed E-state index contributed by atoms with van der Waals surface area (Å²) in [6.45, 7) is 4.48. The average Bonchev–Trinajstić information content (AvgIpc) is 2.37. The number of aromatic hydroxyl groups is 1. The standard InChI is InChI=1S/C15H24N2O3.ClH/c1-10(2)7-12(16)15(19)17(3)9-11-5-6-14(20-4)13(18)8-11;/h5-6,8,10,12,18H,7,9,16H2,1-4H3;1H/t12-;/m0./s1. The molecule has 0 unspecified atom stereocenters. The first-order chi connectivity index (χ1) is 9.35. The third-order valence-corrected chi connectivity index (χ3v) is 3.08. The number of rotatable bonds is 6. The smallest absolute Gasteiger partial charge is 0.239 e. The maximum atomic E-state index is 12.1. The maximum absolute atomic E-state index is 12.1. The van der Waals surface area contributed by atoms with Gasteiger partial charge in [-0.05, 0) is 30.0 Å². The van der Waals surface area contributed by atoms with Crippen LogP contribution in [0.4, 0.5) is 0 Å². The van der Waals surface area contributed by atoms with Crippen molar-refractivity contribution in [2.45, 2.75) is 32.9 Å². The zero-order valence-corrected chi connectivity index (χ0v) is 13.8. The lowest BCUT2D eigenvalue weighted by Gasteiger charge is -2.22. The molecule has 0 bridgehead atoms. The molecule has 1 rings (SSSR count). The summed E-state index contributed by atoms with van der Waals surface area (Å²) in [5.41, 5.74) is 6.72. The third kappa shape index (κ3) is 5.81. The highest BCUT2D eigenvalue weighted by Crippen LogP contribution is 2.26. The van der Waals surface area contributed by atoms with E-state index < -0.39 is 6.04 Å². The highest BCUT2D eigenvalue weighted by molar-refractivity contribution is 5.85. The molecule has 0 heterocycles. The molecular formula is C15H25ClN2O3. The zero-order valence-electron chi connectivity index (χ0n) is 13.0. The molecule has 6 heteroatoms. The van der Waals surface area contributed by atoms with Gasteiger partial charge in [0.25, 0.3) is 0 Å². The van der Waals surface area contributed by atoms with Crippen LogP contribution in [-0.4, -0.2) is 36.1 Å². The second-order valence-corrected chi connectivity index (χ2v) is 5.44. The van der Waals surface area contributed by atoms with Crippen molar-refractivity contribution < 1.29 is 14.6 Å². The Morgan fingerprint density at radius 1 is 1.43 bits per heavy atom. The number of methoxy groups -OCH3 is 1. The SMILES string of the molecule is COc1ccc(CN(C)C(=O)[C@@H](N)CC(C)C)cc1O.Cl. The molecule has 0 saturated carbocycles. The van der Waals surface area contributed by atoms with E-state index in [0.717, 1.165) is 5.56 Å². The lowest BCUT2D eigenvalue weighted by atomic mass is 10.0. The van der Waals surface area contributed by atoms with E-state index in [1.165, 1.54) is 7.11 Å². The molecular weight excluding hydrogens is 292 g/mol. The first kappa shape index (κ1) is 19.5. The molecule has 0 aliphatic heterocycles. The number of carbonyl (C=O) groups is 1. The van der Waals surface area contributed by atoms with Crippen molar-refractivity contribution in [2.75, 3.05) is 14.2 Å². The Morgan fingerprint density at radius 2 is 2.05 bits per heavy atom. The fraction of sp³-hybridized carbons (Fsp3) is 0.533. The normalized spacial score (nSPS) is 11.7. The van der Waals surface area contributed by atoms with E-state index in [4.69, 9.17) is 10.5 Å². The molecule has 0 fully saturated rings. The van der Waals surface area contributed by atoms with Crippen molar-refractivity contribution in [3.63, 3.8) is 0 Å². The molecule has 0 aliphatic carbocycles. The van der Waals surface area contributed by atoms with Crippen LogP contribution in [-0.2, 0) is 11.3 Å². The second kappa shape index (κ2) is 8.74. The average molecular weight is 317 g/mol. The predicted octanol–water partition coefficient (Wildman–Crippen LogP) is 2.15. The fourth-order valence-electron chi connectivity index (χ4n) is 2.08. The summed E-state index contributed by atoms with van der Waals surface area (Å²) in [4.78, 5) is 13.7. The van der Waals surface area contributed by atoms with E-state index in [1.54, 1.807) is 24.1 Å². The quantitative estimate of drug-likeness (QED) is 0.843. The van der Waals surface area contributed by atoms with Crippen LogP contribution < -0.4 is 10.5 Å². The molecule has 1 aromatic carbocycles. The van der Waals surface area contributed by atoms with Gasteiger partial charge in [0.15, 0.2) is 11.5 Å². The maximum Gasteiger partial charge on any atom is 0.239 e. The second-order valence-electron chi connectivity index (χ2n) is 5.44. The number of phenols is 1. The van der Waals surface area contributed by atoms with Crippen LogP contribution in [0.1, 0.15) is 25.8 Å². The number of nitrogens with two attached hydrogens (primary N) is 1. The Hall–Kier alpha value is -1.46. The first-order valence-electron chi connectivity index (χ1n) is 6.71. The van der Waals surface area contributed by atoms with Crippen molar-refractivity contribution in [2.24, 2.45) is 11.7 Å². The number of amides is 1. The van der Waals surface area contributed by atoms with E-state index in [1.807, 2.05) is 19.9 Å². The summed E-state index contributed by atoms with van der Waals surface area (Å²) in [6.07, 6.45) is 0.664. The number of phenolic OH excluding ortho intramolecular Hbond substituents is 1. The molecule has 120 valence electrons. The Labute approximate surface area is 132 Å². The molecule has 0 saturated heterocycles. The lowest BCUT2D eigenvalue weighted by Crippen LogP contribution is -2.42. The van der Waals surface area contributed by atoms with Gasteiger partial charge in [-0.3, -0.25) is 4.79 Å². The van der Waals surface area contributed by atoms with Gasteiger partial charge in [-0.1, -0.05) is 19.9 Å². The van der Waals surface area contributed by atoms with Crippen LogP contribution in [0.2, 0.25) is 0 Å². The van der Waals surface area contributed by atoms with Crippen LogP contribution in [0.25, 0.3) is 0 Å². The first-order valence-corrected chi connectivity index (χ1v) is 6.71. The summed E-state index contributed by atoms with van der Waals surface area (Å²) >= 11 is 0. The molecule has 5 nitrogen and oxygen atoms in total. The molecule has 1 amide bonds. The van der Waals surface area contributed by atoms with Gasteiger partial charge in [0.05, 0.1) is 13.2 Å². The Morgan fingerprint density at radius 3 is 2.52 bits per heavy atom. The minimum Gasteiger partial charge on any atom is -0.504 e. The largest absolute Gasteiger partial charge is 0.504 e. The van der Waals surface area contributed by atoms with Crippen LogP contribution in [0.15, 0.2) is 18.2 Å². The minimum atomic E-state index is -0.480. The third-order valence-electron chi connectivity index (χ3n) is 3.08. The highest BCUT2D eigenvalue weighted by atomic mass is 35.5. The minimum absolute atomic E-state index is 0. The number of nitrogens with zero attached hydrogens (tertiary/aromatic N) is 1. The van der Waals surface area contributed by atoms with E-state index in [9.17, 15) is 9.90 Å². The molecule has 3 N–H and O–H groups in total. The lowest BCUT2D eigenvalue weighted by molar-refractivity contribution is -0.132. The van der Waals surface area contributed by atoms with Gasteiger partial charge in [0, 0.05) is 13.6 Å². The molecule has 1 aromatic rings. The van der Waals surface area contributed by atoms with Gasteiger partial charge in [-0.25, -0.2) is 0 Å². The van der Waals surface area contributed by atoms with Gasteiger partial charge < -0.3 is 20.5 Å². The zero-order chi connectivity index (χ0) is 15.3. The number of halogens is 1. The van der Waals surface area contributed by atoms with Crippen molar-refractivity contribution in [3.05, 3.63) is 23.8 Å². The van der Waals surface area contributed by atoms with Crippen LogP contribution in [0.3, 0.4) is 0 Å². The molecule has 0 radical (unpaired) electrons. The molecule has 0 spiro atoms. The van der Waals surface area contributed by atoms with Gasteiger partial charge in [-0.15, -0.1) is 12.4 Å². The number of benzene rings is 1. The van der Waals surface area contributed by atoms with E-state index >= 15 is 0 Å². The number of ether oxygens (including phenoxy) is 1. The molecule has 21 heavy (non-hydrogen) atoms. The summed E-state index contributed by atoms with van der Waals surface area (Å²) in [7, 11) is 3.21. The number of hydrogen-bond acceptors (Lipinski definition) is 4. The van der Waals surface area contributed by atoms with Gasteiger partial charge in [-0.2, -0.15) is 0 Å². The van der Waals surface area contributed by atoms with Crippen molar-refractivity contribution >= 4 is 18.3 Å². The number of carbonyl (C=O) groups excluding carboxylic acids is 1. The van der Waals surface area contributed by atoms with E-state index in [2.05, 4.69) is 0 Å². The van der Waals surface area contributed by atoms with Crippen LogP contribution >= 0.6 is 12.4 Å². The molecule has 0 aromatic heterocycles. The summed E-state index contributed by atoms with van der Waals surface area (Å²) in [5, 5.41) is 9.72. The van der Waals surface area contributed by atoms with Crippen LogP contribution in [0, 0.1) is 5.92 Å². The number of likely N-dealkylation sites (N-methyl/N-ethyl adjacent to an activating group) is 1. The molecule has 0 aliphatic rings. The van der Waals surface area contributed by atoms with Gasteiger partial charge in [0.2, 0.25) is 5.91 Å². The summed E-state index contributed by atoms with van der Waals surface area (Å²) < 4.78 is 4.98. The van der Waals surface area contributed by atoms with Gasteiger partial charge in [0.1, 0.15) is 0 Å². The van der Waals surface area contributed by atoms with Gasteiger partial charge >= 0.3 is 0 Å². The topological polar surface area (TPSA) is 75.8 Å². The highest BCUT2D eigenvalue weighted by Gasteiger charge is 2.19. The van der Waals surface area contributed by atoms with Crippen LogP contribution in [0.5, 0.6) is 11.5 Å². The number of hydrogen-bond donors (Lipinski definition) is 2. The van der Waals surface area contributed by atoms with Crippen molar-refractivity contribution in [1.82, 2.24) is 4.90 Å². The summed E-state index contributed by atoms with van der Waals surface area (Å²) in [6, 6.07) is 4.61. The predicted molar refractivity (Wildman–Crippen MR) is 85.8 cm³/mol. The monoisotopic (exact) mass is 316 g/mol. The van der Waals surface area contributed by atoms with Crippen molar-refractivity contribution in [1.29, 1.82) is 0 Å². The summed E-state index contributed by atoms with van der Waals surface area (Å²) in [5.74, 6) is 0.776. The van der Waals surface area contributed by atoms with E-state index in [-0.39, 0.29) is 24.1 Å².